The minimum atomic E-state index is -0.710. The number of methoxy groups -OCH3 is 1. The van der Waals surface area contributed by atoms with Crippen molar-refractivity contribution in [3.8, 4) is 0 Å². The van der Waals surface area contributed by atoms with E-state index in [1.165, 1.54) is 7.11 Å². The second kappa shape index (κ2) is 8.06. The van der Waals surface area contributed by atoms with Crippen molar-refractivity contribution in [2.45, 2.75) is 25.0 Å². The standard InChI is InChI=1S/C13H21N3O6/c1-20-9-16(12(18)14-4-2-10-6-21-10)13(19)15(8-17)5-3-11-7-22-11/h8,10-11H,2-7,9H2,1H3,(H,14,18). The molecule has 1 N–H and O–H groups in total. The molecule has 0 aromatic rings. The first-order valence-corrected chi connectivity index (χ1v) is 7.19. The first-order valence-electron chi connectivity index (χ1n) is 7.19. The number of amides is 5. The van der Waals surface area contributed by atoms with E-state index in [2.05, 4.69) is 5.32 Å². The maximum Gasteiger partial charge on any atom is 0.336 e. The Morgan fingerprint density at radius 1 is 1.27 bits per heavy atom. The van der Waals surface area contributed by atoms with Crippen LogP contribution in [0.1, 0.15) is 12.8 Å². The summed E-state index contributed by atoms with van der Waals surface area (Å²) in [6.45, 7) is 1.73. The SMILES string of the molecule is COCN(C(=O)NCCC1CO1)C(=O)N(C=O)CCC1CO1. The number of carbonyl (C=O) groups excluding carboxylic acids is 3. The number of epoxide rings is 2. The highest BCUT2D eigenvalue weighted by Gasteiger charge is 2.29. The Hall–Kier alpha value is -1.71. The third-order valence-corrected chi connectivity index (χ3v) is 3.35. The maximum atomic E-state index is 12.3. The molecule has 0 aliphatic carbocycles. The summed E-state index contributed by atoms with van der Waals surface area (Å²) >= 11 is 0. The first kappa shape index (κ1) is 16.7. The van der Waals surface area contributed by atoms with Crippen LogP contribution in [0.2, 0.25) is 0 Å². The Morgan fingerprint density at radius 3 is 2.45 bits per heavy atom. The van der Waals surface area contributed by atoms with Gasteiger partial charge >= 0.3 is 12.1 Å². The Kier molecular flexibility index (Phi) is 6.10. The predicted molar refractivity (Wildman–Crippen MR) is 74.0 cm³/mol. The van der Waals surface area contributed by atoms with Gasteiger partial charge in [-0.2, -0.15) is 0 Å². The van der Waals surface area contributed by atoms with Crippen LogP contribution in [-0.4, -0.2) is 80.6 Å². The van der Waals surface area contributed by atoms with Crippen LogP contribution >= 0.6 is 0 Å². The van der Waals surface area contributed by atoms with Crippen LogP contribution in [-0.2, 0) is 19.0 Å². The number of nitrogens with one attached hydrogen (secondary N) is 1. The van der Waals surface area contributed by atoms with Crippen LogP contribution in [0.4, 0.5) is 9.59 Å². The Bertz CT molecular complexity index is 411. The van der Waals surface area contributed by atoms with E-state index in [0.29, 0.717) is 39.0 Å². The van der Waals surface area contributed by atoms with Crippen LogP contribution in [0, 0.1) is 0 Å². The molecule has 2 rings (SSSR count). The third-order valence-electron chi connectivity index (χ3n) is 3.35. The number of urea groups is 2. The summed E-state index contributed by atoms with van der Waals surface area (Å²) in [7, 11) is 1.37. The lowest BCUT2D eigenvalue weighted by molar-refractivity contribution is -0.116. The van der Waals surface area contributed by atoms with Gasteiger partial charge in [0.15, 0.2) is 0 Å². The van der Waals surface area contributed by atoms with Gasteiger partial charge in [-0.1, -0.05) is 0 Å². The van der Waals surface area contributed by atoms with Crippen LogP contribution in [0.15, 0.2) is 0 Å². The van der Waals surface area contributed by atoms with Crippen molar-refractivity contribution in [2.24, 2.45) is 0 Å². The van der Waals surface area contributed by atoms with Crippen LogP contribution in [0.5, 0.6) is 0 Å². The van der Waals surface area contributed by atoms with E-state index in [1.807, 2.05) is 0 Å². The van der Waals surface area contributed by atoms with Crippen LogP contribution in [0.25, 0.3) is 0 Å². The van der Waals surface area contributed by atoms with Gasteiger partial charge in [0.05, 0.1) is 25.4 Å². The molecule has 2 saturated heterocycles. The van der Waals surface area contributed by atoms with E-state index in [9.17, 15) is 14.4 Å². The topological polar surface area (TPSA) is 104 Å². The zero-order chi connectivity index (χ0) is 15.9. The van der Waals surface area contributed by atoms with Gasteiger partial charge in [-0.25, -0.2) is 14.5 Å². The molecule has 0 radical (unpaired) electrons. The lowest BCUT2D eigenvalue weighted by Crippen LogP contribution is -2.51. The van der Waals surface area contributed by atoms with Gasteiger partial charge in [0, 0.05) is 20.2 Å². The molecular weight excluding hydrogens is 294 g/mol. The van der Waals surface area contributed by atoms with Gasteiger partial charge in [0.25, 0.3) is 0 Å². The number of hydrogen-bond donors (Lipinski definition) is 1. The molecular formula is C13H21N3O6. The summed E-state index contributed by atoms with van der Waals surface area (Å²) in [4.78, 5) is 37.2. The predicted octanol–water partition coefficient (Wildman–Crippen LogP) is -0.242. The van der Waals surface area contributed by atoms with E-state index < -0.39 is 12.1 Å². The summed E-state index contributed by atoms with van der Waals surface area (Å²) in [6.07, 6.45) is 1.96. The van der Waals surface area contributed by atoms with Crippen molar-refractivity contribution < 1.29 is 28.6 Å². The van der Waals surface area contributed by atoms with Gasteiger partial charge in [0.1, 0.15) is 6.73 Å². The number of imide groups is 2. The largest absolute Gasteiger partial charge is 0.373 e. The van der Waals surface area contributed by atoms with E-state index in [1.54, 1.807) is 0 Å². The molecule has 0 saturated carbocycles. The number of rotatable bonds is 9. The van der Waals surface area contributed by atoms with E-state index in [4.69, 9.17) is 14.2 Å². The van der Waals surface area contributed by atoms with Crippen molar-refractivity contribution in [1.82, 2.24) is 15.1 Å². The molecule has 2 aliphatic heterocycles. The average molecular weight is 315 g/mol. The van der Waals surface area contributed by atoms with Crippen molar-refractivity contribution in [3.05, 3.63) is 0 Å². The zero-order valence-electron chi connectivity index (χ0n) is 12.5. The fourth-order valence-corrected chi connectivity index (χ4v) is 1.87. The molecule has 0 bridgehead atoms. The smallest absolute Gasteiger partial charge is 0.336 e. The summed E-state index contributed by atoms with van der Waals surface area (Å²) in [5, 5.41) is 2.61. The Morgan fingerprint density at radius 2 is 1.91 bits per heavy atom. The molecule has 0 spiro atoms. The lowest BCUT2D eigenvalue weighted by atomic mass is 10.3. The minimum Gasteiger partial charge on any atom is -0.373 e. The number of hydrogen-bond acceptors (Lipinski definition) is 6. The molecule has 2 unspecified atom stereocenters. The third kappa shape index (κ3) is 5.24. The van der Waals surface area contributed by atoms with Crippen molar-refractivity contribution in [1.29, 1.82) is 0 Å². The molecule has 5 amide bonds. The molecule has 2 heterocycles. The summed E-state index contributed by atoms with van der Waals surface area (Å²) in [5.41, 5.74) is 0. The molecule has 2 aliphatic rings. The number of ether oxygens (including phenoxy) is 3. The molecule has 124 valence electrons. The molecule has 22 heavy (non-hydrogen) atoms. The molecule has 2 fully saturated rings. The number of carbonyl (C=O) groups is 3. The van der Waals surface area contributed by atoms with Crippen molar-refractivity contribution >= 4 is 18.5 Å². The molecule has 9 heteroatoms. The highest BCUT2D eigenvalue weighted by Crippen LogP contribution is 2.14. The summed E-state index contributed by atoms with van der Waals surface area (Å²) < 4.78 is 14.9. The van der Waals surface area contributed by atoms with E-state index >= 15 is 0 Å². The van der Waals surface area contributed by atoms with Gasteiger partial charge in [-0.15, -0.1) is 0 Å². The van der Waals surface area contributed by atoms with Crippen molar-refractivity contribution in [3.63, 3.8) is 0 Å². The Balaban J connectivity index is 1.82. The molecule has 0 aromatic heterocycles. The van der Waals surface area contributed by atoms with Crippen LogP contribution in [0.3, 0.4) is 0 Å². The van der Waals surface area contributed by atoms with Crippen LogP contribution < -0.4 is 5.32 Å². The number of nitrogens with zero attached hydrogens (tertiary/aromatic N) is 2. The Labute approximate surface area is 128 Å². The zero-order valence-corrected chi connectivity index (χ0v) is 12.5. The van der Waals surface area contributed by atoms with Gasteiger partial charge in [0.2, 0.25) is 6.41 Å². The normalized spacial score (nSPS) is 21.9. The first-order chi connectivity index (χ1) is 10.7. The molecule has 0 aromatic carbocycles. The second-order valence-corrected chi connectivity index (χ2v) is 5.15. The monoisotopic (exact) mass is 315 g/mol. The van der Waals surface area contributed by atoms with Gasteiger partial charge < -0.3 is 19.5 Å². The maximum absolute atomic E-state index is 12.3. The highest BCUT2D eigenvalue weighted by molar-refractivity contribution is 5.97. The quantitative estimate of drug-likeness (QED) is 0.358. The summed E-state index contributed by atoms with van der Waals surface area (Å²) in [6, 6.07) is -1.31. The average Bonchev–Trinajstić information content (AvgIpc) is 3.38. The molecule has 9 nitrogen and oxygen atoms in total. The van der Waals surface area contributed by atoms with E-state index in [0.717, 1.165) is 9.80 Å². The fraction of sp³-hybridized carbons (Fsp3) is 0.769. The highest BCUT2D eigenvalue weighted by atomic mass is 16.6. The van der Waals surface area contributed by atoms with Gasteiger partial charge in [-0.3, -0.25) is 9.69 Å². The molecule has 2 atom stereocenters. The fourth-order valence-electron chi connectivity index (χ4n) is 1.87. The minimum absolute atomic E-state index is 0.0958. The lowest BCUT2D eigenvalue weighted by Gasteiger charge is -2.25. The van der Waals surface area contributed by atoms with E-state index in [-0.39, 0.29) is 25.5 Å². The second-order valence-electron chi connectivity index (χ2n) is 5.15. The summed E-state index contributed by atoms with van der Waals surface area (Å²) in [5.74, 6) is 0. The van der Waals surface area contributed by atoms with Crippen molar-refractivity contribution in [2.75, 3.05) is 40.1 Å². The van der Waals surface area contributed by atoms with Gasteiger partial charge in [-0.05, 0) is 12.8 Å².